The summed E-state index contributed by atoms with van der Waals surface area (Å²) in [6, 6.07) is 8.94. The molecule has 2 nitrogen and oxygen atoms in total. The molecule has 0 saturated heterocycles. The number of benzene rings is 1. The van der Waals surface area contributed by atoms with E-state index < -0.39 is 0 Å². The molecule has 2 radical (unpaired) electrons. The van der Waals surface area contributed by atoms with Crippen molar-refractivity contribution in [2.75, 3.05) is 0 Å². The minimum absolute atomic E-state index is 0.374. The summed E-state index contributed by atoms with van der Waals surface area (Å²) in [7, 11) is 5.68. The lowest BCUT2D eigenvalue weighted by molar-refractivity contribution is 0.520. The zero-order valence-corrected chi connectivity index (χ0v) is 8.43. The third-order valence-electron chi connectivity index (χ3n) is 3.04. The molecule has 0 aliphatic heterocycles. The molecule has 0 saturated carbocycles. The molecule has 1 aliphatic rings. The minimum atomic E-state index is 0.374. The van der Waals surface area contributed by atoms with E-state index in [4.69, 9.17) is 7.85 Å². The van der Waals surface area contributed by atoms with Crippen molar-refractivity contribution < 1.29 is 0 Å². The molecule has 1 aliphatic carbocycles. The Labute approximate surface area is 90.3 Å². The molecule has 0 spiro atoms. The molecule has 0 bridgehead atoms. The second-order valence-corrected chi connectivity index (χ2v) is 4.01. The molecule has 3 rings (SSSR count). The van der Waals surface area contributed by atoms with Crippen molar-refractivity contribution >= 4 is 13.3 Å². The maximum Gasteiger partial charge on any atom is 0.118 e. The lowest BCUT2D eigenvalue weighted by Crippen LogP contribution is -2.08. The topological polar surface area (TPSA) is 17.8 Å². The highest BCUT2D eigenvalue weighted by Gasteiger charge is 2.23. The fourth-order valence-electron chi connectivity index (χ4n) is 2.33. The van der Waals surface area contributed by atoms with Crippen LogP contribution in [0.1, 0.15) is 23.6 Å². The average Bonchev–Trinajstić information content (AvgIpc) is 2.83. The maximum atomic E-state index is 5.68. The van der Waals surface area contributed by atoms with Crippen LogP contribution in [0.5, 0.6) is 0 Å². The van der Waals surface area contributed by atoms with Crippen LogP contribution in [-0.2, 0) is 6.42 Å². The van der Waals surface area contributed by atoms with E-state index in [9.17, 15) is 0 Å². The number of rotatable bonds is 1. The van der Waals surface area contributed by atoms with Crippen LogP contribution >= 0.6 is 0 Å². The van der Waals surface area contributed by atoms with Crippen molar-refractivity contribution in [1.82, 2.24) is 9.78 Å². The third kappa shape index (κ3) is 1.39. The summed E-state index contributed by atoms with van der Waals surface area (Å²) < 4.78 is 1.97. The highest BCUT2D eigenvalue weighted by molar-refractivity contribution is 6.31. The van der Waals surface area contributed by atoms with E-state index in [-0.39, 0.29) is 0 Å². The first-order valence-corrected chi connectivity index (χ1v) is 5.22. The van der Waals surface area contributed by atoms with E-state index in [1.807, 2.05) is 10.9 Å². The maximum absolute atomic E-state index is 5.68. The van der Waals surface area contributed by atoms with Crippen LogP contribution in [0, 0.1) is 0 Å². The third-order valence-corrected chi connectivity index (χ3v) is 3.04. The van der Waals surface area contributed by atoms with Crippen molar-refractivity contribution in [2.24, 2.45) is 0 Å². The van der Waals surface area contributed by atoms with Gasteiger partial charge in [0.25, 0.3) is 0 Å². The highest BCUT2D eigenvalue weighted by Crippen LogP contribution is 2.32. The SMILES string of the molecule is [B]c1cnn(C2CCc3ccccc32)c1. The lowest BCUT2D eigenvalue weighted by Gasteiger charge is -2.11. The van der Waals surface area contributed by atoms with Crippen molar-refractivity contribution in [3.05, 3.63) is 47.8 Å². The number of aromatic nitrogens is 2. The van der Waals surface area contributed by atoms with Crippen molar-refractivity contribution in [3.8, 4) is 0 Å². The van der Waals surface area contributed by atoms with E-state index in [1.54, 1.807) is 6.20 Å². The van der Waals surface area contributed by atoms with Crippen molar-refractivity contribution in [2.45, 2.75) is 18.9 Å². The van der Waals surface area contributed by atoms with Gasteiger partial charge in [0.2, 0.25) is 0 Å². The standard InChI is InChI=1S/C12H11BN2/c13-10-7-14-15(8-10)12-6-5-9-3-1-2-4-11(9)12/h1-4,7-8,12H,5-6H2. The molecular formula is C12H11BN2. The summed E-state index contributed by atoms with van der Waals surface area (Å²) in [6.07, 6.45) is 5.88. The summed E-state index contributed by atoms with van der Waals surface area (Å²) in [5.41, 5.74) is 3.57. The summed E-state index contributed by atoms with van der Waals surface area (Å²) in [5, 5.41) is 4.29. The normalized spacial score (nSPS) is 19.1. The first kappa shape index (κ1) is 8.78. The second kappa shape index (κ2) is 3.26. The van der Waals surface area contributed by atoms with Crippen LogP contribution in [0.4, 0.5) is 0 Å². The number of fused-ring (bicyclic) bond motifs is 1. The molecule has 1 aromatic heterocycles. The molecule has 15 heavy (non-hydrogen) atoms. The number of hydrogen-bond acceptors (Lipinski definition) is 1. The van der Waals surface area contributed by atoms with Gasteiger partial charge < -0.3 is 0 Å². The van der Waals surface area contributed by atoms with Gasteiger partial charge in [-0.3, -0.25) is 4.68 Å². The van der Waals surface area contributed by atoms with Gasteiger partial charge in [0.05, 0.1) is 6.04 Å². The Morgan fingerprint density at radius 1 is 1.33 bits per heavy atom. The van der Waals surface area contributed by atoms with Gasteiger partial charge in [-0.1, -0.05) is 29.7 Å². The molecule has 1 heterocycles. The van der Waals surface area contributed by atoms with E-state index in [1.165, 1.54) is 11.1 Å². The summed E-state index contributed by atoms with van der Waals surface area (Å²) in [5.74, 6) is 0. The summed E-state index contributed by atoms with van der Waals surface area (Å²) >= 11 is 0. The number of nitrogens with zero attached hydrogens (tertiary/aromatic N) is 2. The number of aryl methyl sites for hydroxylation is 1. The smallest absolute Gasteiger partial charge is 0.118 e. The lowest BCUT2D eigenvalue weighted by atomic mass is 10.0. The van der Waals surface area contributed by atoms with Gasteiger partial charge in [-0.2, -0.15) is 5.10 Å². The molecule has 1 atom stereocenters. The fourth-order valence-corrected chi connectivity index (χ4v) is 2.33. The molecule has 0 N–H and O–H groups in total. The molecule has 0 amide bonds. The van der Waals surface area contributed by atoms with E-state index in [0.29, 0.717) is 6.04 Å². The van der Waals surface area contributed by atoms with Gasteiger partial charge >= 0.3 is 0 Å². The van der Waals surface area contributed by atoms with E-state index >= 15 is 0 Å². The zero-order valence-electron chi connectivity index (χ0n) is 8.43. The fraction of sp³-hybridized carbons (Fsp3) is 0.250. The monoisotopic (exact) mass is 194 g/mol. The summed E-state index contributed by atoms with van der Waals surface area (Å²) in [4.78, 5) is 0. The zero-order chi connectivity index (χ0) is 10.3. The Morgan fingerprint density at radius 3 is 3.00 bits per heavy atom. The highest BCUT2D eigenvalue weighted by atomic mass is 15.3. The Bertz CT molecular complexity index is 490. The van der Waals surface area contributed by atoms with Gasteiger partial charge in [0, 0.05) is 12.4 Å². The predicted octanol–water partition coefficient (Wildman–Crippen LogP) is 1.21. The van der Waals surface area contributed by atoms with Crippen LogP contribution in [-0.4, -0.2) is 17.6 Å². The Morgan fingerprint density at radius 2 is 2.20 bits per heavy atom. The molecular weight excluding hydrogens is 183 g/mol. The average molecular weight is 194 g/mol. The molecule has 72 valence electrons. The van der Waals surface area contributed by atoms with Gasteiger partial charge in [-0.25, -0.2) is 0 Å². The van der Waals surface area contributed by atoms with Crippen molar-refractivity contribution in [1.29, 1.82) is 0 Å². The predicted molar refractivity (Wildman–Crippen MR) is 60.5 cm³/mol. The molecule has 3 heteroatoms. The summed E-state index contributed by atoms with van der Waals surface area (Å²) in [6.45, 7) is 0. The van der Waals surface area contributed by atoms with Gasteiger partial charge in [0.1, 0.15) is 7.85 Å². The molecule has 0 fully saturated rings. The van der Waals surface area contributed by atoms with Crippen LogP contribution < -0.4 is 5.46 Å². The van der Waals surface area contributed by atoms with E-state index in [2.05, 4.69) is 29.4 Å². The van der Waals surface area contributed by atoms with Crippen LogP contribution in [0.25, 0.3) is 0 Å². The van der Waals surface area contributed by atoms with Gasteiger partial charge in [-0.05, 0) is 24.0 Å². The molecule has 1 aromatic carbocycles. The van der Waals surface area contributed by atoms with Crippen LogP contribution in [0.3, 0.4) is 0 Å². The van der Waals surface area contributed by atoms with Crippen molar-refractivity contribution in [3.63, 3.8) is 0 Å². The number of hydrogen-bond donors (Lipinski definition) is 0. The minimum Gasteiger partial charge on any atom is -0.266 e. The first-order chi connectivity index (χ1) is 7.34. The first-order valence-electron chi connectivity index (χ1n) is 5.22. The van der Waals surface area contributed by atoms with E-state index in [0.717, 1.165) is 18.3 Å². The Kier molecular flexibility index (Phi) is 1.91. The Balaban J connectivity index is 2.04. The van der Waals surface area contributed by atoms with Gasteiger partial charge in [-0.15, -0.1) is 0 Å². The quantitative estimate of drug-likeness (QED) is 0.624. The second-order valence-electron chi connectivity index (χ2n) is 4.01. The van der Waals surface area contributed by atoms with Crippen LogP contribution in [0.15, 0.2) is 36.7 Å². The van der Waals surface area contributed by atoms with Crippen LogP contribution in [0.2, 0.25) is 0 Å². The largest absolute Gasteiger partial charge is 0.266 e. The molecule has 2 aromatic rings. The molecule has 1 unspecified atom stereocenters. The Hall–Kier alpha value is -1.51. The van der Waals surface area contributed by atoms with Gasteiger partial charge in [0.15, 0.2) is 0 Å².